The lowest BCUT2D eigenvalue weighted by Gasteiger charge is -2.31. The van der Waals surface area contributed by atoms with Gasteiger partial charge in [-0.15, -0.1) is 0 Å². The molecule has 0 aliphatic heterocycles. The lowest BCUT2D eigenvalue weighted by Crippen LogP contribution is -2.46. The van der Waals surface area contributed by atoms with E-state index < -0.39 is 0 Å². The number of hydrogen-bond donors (Lipinski definition) is 3. The highest BCUT2D eigenvalue weighted by atomic mass is 16.3. The summed E-state index contributed by atoms with van der Waals surface area (Å²) in [6.45, 7) is 2.55. The fourth-order valence-electron chi connectivity index (χ4n) is 2.38. The van der Waals surface area contributed by atoms with Crippen LogP contribution in [0.3, 0.4) is 0 Å². The molecule has 16 heavy (non-hydrogen) atoms. The first-order chi connectivity index (χ1) is 7.72. The van der Waals surface area contributed by atoms with Crippen LogP contribution in [0, 0.1) is 11.8 Å². The maximum atomic E-state index is 11.9. The summed E-state index contributed by atoms with van der Waals surface area (Å²) in [6.07, 6.45) is 5.07. The van der Waals surface area contributed by atoms with E-state index in [4.69, 9.17) is 5.73 Å². The van der Waals surface area contributed by atoms with Crippen molar-refractivity contribution >= 4 is 5.91 Å². The third kappa shape index (κ3) is 3.46. The van der Waals surface area contributed by atoms with Crippen molar-refractivity contribution in [2.75, 3.05) is 13.2 Å². The Balaban J connectivity index is 2.47. The summed E-state index contributed by atoms with van der Waals surface area (Å²) in [5, 5.41) is 12.3. The molecule has 0 aromatic heterocycles. The summed E-state index contributed by atoms with van der Waals surface area (Å²) in [6, 6.07) is 0.145. The van der Waals surface area contributed by atoms with Crippen molar-refractivity contribution in [2.24, 2.45) is 17.6 Å². The first kappa shape index (κ1) is 13.5. The summed E-state index contributed by atoms with van der Waals surface area (Å²) in [4.78, 5) is 11.9. The Kier molecular flexibility index (Phi) is 5.77. The summed E-state index contributed by atoms with van der Waals surface area (Å²) in [5.41, 5.74) is 5.55. The Bertz CT molecular complexity index is 217. The molecule has 3 atom stereocenters. The molecule has 4 N–H and O–H groups in total. The Morgan fingerprint density at radius 3 is 2.75 bits per heavy atom. The van der Waals surface area contributed by atoms with Crippen LogP contribution in [0.4, 0.5) is 0 Å². The summed E-state index contributed by atoms with van der Waals surface area (Å²) in [7, 11) is 0. The first-order valence-electron chi connectivity index (χ1n) is 6.34. The number of carbonyl (C=O) groups is 1. The van der Waals surface area contributed by atoms with Gasteiger partial charge >= 0.3 is 0 Å². The number of aliphatic hydroxyl groups is 1. The Labute approximate surface area is 97.6 Å². The van der Waals surface area contributed by atoms with Crippen LogP contribution >= 0.6 is 0 Å². The van der Waals surface area contributed by atoms with E-state index in [9.17, 15) is 9.90 Å². The van der Waals surface area contributed by atoms with Crippen LogP contribution in [0.2, 0.25) is 0 Å². The quantitative estimate of drug-likeness (QED) is 0.646. The van der Waals surface area contributed by atoms with Crippen LogP contribution in [-0.2, 0) is 4.79 Å². The van der Waals surface area contributed by atoms with Gasteiger partial charge in [-0.3, -0.25) is 4.79 Å². The molecule has 0 heterocycles. The second kappa shape index (κ2) is 6.86. The monoisotopic (exact) mass is 228 g/mol. The van der Waals surface area contributed by atoms with Gasteiger partial charge in [0, 0.05) is 31.0 Å². The topological polar surface area (TPSA) is 75.4 Å². The molecule has 1 rings (SSSR count). The highest BCUT2D eigenvalue weighted by Crippen LogP contribution is 2.24. The van der Waals surface area contributed by atoms with Gasteiger partial charge in [0.1, 0.15) is 0 Å². The minimum atomic E-state index is -0.0822. The molecule has 0 bridgehead atoms. The molecule has 94 valence electrons. The number of aliphatic hydroxyl groups excluding tert-OH is 1. The second-order valence-corrected chi connectivity index (χ2v) is 4.68. The van der Waals surface area contributed by atoms with Crippen LogP contribution in [0.5, 0.6) is 0 Å². The van der Waals surface area contributed by atoms with E-state index in [1.807, 2.05) is 6.92 Å². The van der Waals surface area contributed by atoms with Gasteiger partial charge in [0.2, 0.25) is 5.91 Å². The fraction of sp³-hybridized carbons (Fsp3) is 0.917. The Hall–Kier alpha value is -0.610. The van der Waals surface area contributed by atoms with Crippen molar-refractivity contribution in [1.29, 1.82) is 0 Å². The van der Waals surface area contributed by atoms with Crippen LogP contribution in [0.1, 0.15) is 39.0 Å². The maximum Gasteiger partial charge on any atom is 0.224 e. The molecule has 0 aromatic rings. The van der Waals surface area contributed by atoms with Gasteiger partial charge < -0.3 is 16.2 Å². The zero-order valence-electron chi connectivity index (χ0n) is 10.1. The Morgan fingerprint density at radius 1 is 1.50 bits per heavy atom. The smallest absolute Gasteiger partial charge is 0.224 e. The third-order valence-corrected chi connectivity index (χ3v) is 3.62. The molecule has 1 aliphatic carbocycles. The molecule has 3 unspecified atom stereocenters. The second-order valence-electron chi connectivity index (χ2n) is 4.68. The lowest BCUT2D eigenvalue weighted by molar-refractivity contribution is -0.126. The number of nitrogens with two attached hydrogens (primary N) is 1. The van der Waals surface area contributed by atoms with E-state index in [2.05, 4.69) is 5.32 Å². The van der Waals surface area contributed by atoms with Crippen molar-refractivity contribution in [1.82, 2.24) is 5.32 Å². The SMILES string of the molecule is CCC(CN)C(=O)NC1CCCCC1CO. The summed E-state index contributed by atoms with van der Waals surface area (Å²) < 4.78 is 0. The molecule has 4 nitrogen and oxygen atoms in total. The van der Waals surface area contributed by atoms with Crippen molar-refractivity contribution in [2.45, 2.75) is 45.1 Å². The molecule has 1 aliphatic rings. The molecule has 1 fully saturated rings. The number of rotatable bonds is 5. The van der Waals surface area contributed by atoms with Crippen molar-refractivity contribution in [3.05, 3.63) is 0 Å². The van der Waals surface area contributed by atoms with Gasteiger partial charge in [-0.1, -0.05) is 19.8 Å². The molecule has 0 saturated heterocycles. The highest BCUT2D eigenvalue weighted by Gasteiger charge is 2.27. The number of nitrogens with one attached hydrogen (secondary N) is 1. The van der Waals surface area contributed by atoms with Gasteiger partial charge in [0.25, 0.3) is 0 Å². The van der Waals surface area contributed by atoms with E-state index >= 15 is 0 Å². The average molecular weight is 228 g/mol. The lowest BCUT2D eigenvalue weighted by atomic mass is 9.84. The van der Waals surface area contributed by atoms with Crippen LogP contribution in [0.25, 0.3) is 0 Å². The van der Waals surface area contributed by atoms with Crippen molar-refractivity contribution in [3.8, 4) is 0 Å². The third-order valence-electron chi connectivity index (χ3n) is 3.62. The van der Waals surface area contributed by atoms with E-state index in [0.717, 1.165) is 32.1 Å². The predicted octanol–water partition coefficient (Wildman–Crippen LogP) is 0.639. The molecule has 4 heteroatoms. The van der Waals surface area contributed by atoms with Gasteiger partial charge in [-0.2, -0.15) is 0 Å². The molecular formula is C12H24N2O2. The number of carbonyl (C=O) groups excluding carboxylic acids is 1. The van der Waals surface area contributed by atoms with Crippen molar-refractivity contribution < 1.29 is 9.90 Å². The molecule has 0 radical (unpaired) electrons. The molecule has 1 saturated carbocycles. The maximum absolute atomic E-state index is 11.9. The van der Waals surface area contributed by atoms with E-state index in [0.29, 0.717) is 6.54 Å². The van der Waals surface area contributed by atoms with Crippen LogP contribution in [0.15, 0.2) is 0 Å². The van der Waals surface area contributed by atoms with E-state index in [1.54, 1.807) is 0 Å². The zero-order valence-corrected chi connectivity index (χ0v) is 10.1. The molecular weight excluding hydrogens is 204 g/mol. The van der Waals surface area contributed by atoms with Crippen LogP contribution in [-0.4, -0.2) is 30.2 Å². The highest BCUT2D eigenvalue weighted by molar-refractivity contribution is 5.79. The fourth-order valence-corrected chi connectivity index (χ4v) is 2.38. The first-order valence-corrected chi connectivity index (χ1v) is 6.34. The standard InChI is InChI=1S/C12H24N2O2/c1-2-9(7-13)12(16)14-11-6-4-3-5-10(11)8-15/h9-11,15H,2-8,13H2,1H3,(H,14,16). The van der Waals surface area contributed by atoms with Crippen LogP contribution < -0.4 is 11.1 Å². The number of amides is 1. The largest absolute Gasteiger partial charge is 0.396 e. The van der Waals surface area contributed by atoms with Gasteiger partial charge in [0.05, 0.1) is 0 Å². The predicted molar refractivity (Wildman–Crippen MR) is 63.8 cm³/mol. The van der Waals surface area contributed by atoms with E-state index in [-0.39, 0.29) is 30.4 Å². The Morgan fingerprint density at radius 2 is 2.19 bits per heavy atom. The van der Waals surface area contributed by atoms with Gasteiger partial charge in [-0.05, 0) is 19.3 Å². The van der Waals surface area contributed by atoms with Gasteiger partial charge in [0.15, 0.2) is 0 Å². The van der Waals surface area contributed by atoms with Gasteiger partial charge in [-0.25, -0.2) is 0 Å². The van der Waals surface area contributed by atoms with Crippen molar-refractivity contribution in [3.63, 3.8) is 0 Å². The minimum absolute atomic E-state index is 0.0512. The summed E-state index contributed by atoms with van der Waals surface area (Å²) >= 11 is 0. The molecule has 0 spiro atoms. The minimum Gasteiger partial charge on any atom is -0.396 e. The average Bonchev–Trinajstić information content (AvgIpc) is 2.31. The van der Waals surface area contributed by atoms with E-state index in [1.165, 1.54) is 0 Å². The molecule has 1 amide bonds. The normalized spacial score (nSPS) is 27.4. The number of hydrogen-bond acceptors (Lipinski definition) is 3. The zero-order chi connectivity index (χ0) is 12.0. The molecule has 0 aromatic carbocycles. The summed E-state index contributed by atoms with van der Waals surface area (Å²) in [5.74, 6) is 0.199.